The summed E-state index contributed by atoms with van der Waals surface area (Å²) in [6, 6.07) is 0. The summed E-state index contributed by atoms with van der Waals surface area (Å²) < 4.78 is 0. The largest absolute Gasteiger partial charge is 0.383 e. The Morgan fingerprint density at radius 1 is 1.33 bits per heavy atom. The highest BCUT2D eigenvalue weighted by molar-refractivity contribution is 5.63. The van der Waals surface area contributed by atoms with Crippen molar-refractivity contribution in [2.24, 2.45) is 0 Å². The standard InChI is InChI=1S/C8H11N7/c1-2-4-5(7-11-3-12-15-7)13-8(10)14-6(4)9/h3H,2H2,1H3,(H,11,12,15)(H4,9,10,13,14). The van der Waals surface area contributed by atoms with E-state index in [1.165, 1.54) is 6.33 Å². The predicted molar refractivity (Wildman–Crippen MR) is 55.6 cm³/mol. The summed E-state index contributed by atoms with van der Waals surface area (Å²) in [5.41, 5.74) is 12.7. The van der Waals surface area contributed by atoms with Crippen molar-refractivity contribution in [2.45, 2.75) is 13.3 Å². The molecular weight excluding hydrogens is 194 g/mol. The zero-order valence-electron chi connectivity index (χ0n) is 8.23. The predicted octanol–water partition coefficient (Wildman–Crippen LogP) is -0.0115. The van der Waals surface area contributed by atoms with E-state index in [2.05, 4.69) is 25.1 Å². The van der Waals surface area contributed by atoms with E-state index in [0.29, 0.717) is 23.8 Å². The Hall–Kier alpha value is -2.18. The third-order valence-corrected chi connectivity index (χ3v) is 2.05. The summed E-state index contributed by atoms with van der Waals surface area (Å²) in [5.74, 6) is 1.07. The van der Waals surface area contributed by atoms with Gasteiger partial charge < -0.3 is 16.5 Å². The van der Waals surface area contributed by atoms with Crippen LogP contribution in [-0.4, -0.2) is 25.1 Å². The number of nitrogen functional groups attached to an aromatic ring is 2. The maximum absolute atomic E-state index is 5.75. The van der Waals surface area contributed by atoms with Gasteiger partial charge in [-0.2, -0.15) is 4.98 Å². The van der Waals surface area contributed by atoms with E-state index in [4.69, 9.17) is 11.5 Å². The van der Waals surface area contributed by atoms with Crippen molar-refractivity contribution in [2.75, 3.05) is 11.5 Å². The molecule has 5 N–H and O–H groups in total. The van der Waals surface area contributed by atoms with Gasteiger partial charge in [-0.25, -0.2) is 4.98 Å². The first-order valence-corrected chi connectivity index (χ1v) is 4.50. The van der Waals surface area contributed by atoms with Crippen LogP contribution in [-0.2, 0) is 6.42 Å². The highest BCUT2D eigenvalue weighted by Crippen LogP contribution is 2.22. The molecule has 0 saturated heterocycles. The van der Waals surface area contributed by atoms with Crippen molar-refractivity contribution < 1.29 is 0 Å². The highest BCUT2D eigenvalue weighted by Gasteiger charge is 2.13. The molecule has 0 aromatic carbocycles. The molecule has 0 saturated carbocycles. The first-order chi connectivity index (χ1) is 7.22. The minimum Gasteiger partial charge on any atom is -0.383 e. The van der Waals surface area contributed by atoms with Crippen LogP contribution >= 0.6 is 0 Å². The van der Waals surface area contributed by atoms with Crippen molar-refractivity contribution in [3.8, 4) is 11.5 Å². The molecule has 0 aliphatic rings. The first-order valence-electron chi connectivity index (χ1n) is 4.50. The van der Waals surface area contributed by atoms with Crippen molar-refractivity contribution in [1.29, 1.82) is 0 Å². The van der Waals surface area contributed by atoms with Crippen LogP contribution in [0.1, 0.15) is 12.5 Å². The van der Waals surface area contributed by atoms with Gasteiger partial charge in [0.2, 0.25) is 5.95 Å². The summed E-state index contributed by atoms with van der Waals surface area (Å²) in [6.45, 7) is 1.96. The molecule has 2 aromatic heterocycles. The van der Waals surface area contributed by atoms with E-state index in [9.17, 15) is 0 Å². The summed E-state index contributed by atoms with van der Waals surface area (Å²) in [6.07, 6.45) is 2.19. The first kappa shape index (κ1) is 9.38. The average Bonchev–Trinajstić information content (AvgIpc) is 2.69. The van der Waals surface area contributed by atoms with Gasteiger partial charge in [0.15, 0.2) is 5.82 Å². The van der Waals surface area contributed by atoms with Gasteiger partial charge in [-0.05, 0) is 6.42 Å². The van der Waals surface area contributed by atoms with E-state index in [0.717, 1.165) is 5.56 Å². The van der Waals surface area contributed by atoms with E-state index in [-0.39, 0.29) is 5.95 Å². The molecule has 0 radical (unpaired) electrons. The minimum absolute atomic E-state index is 0.135. The zero-order valence-corrected chi connectivity index (χ0v) is 8.23. The second-order valence-electron chi connectivity index (χ2n) is 2.99. The molecule has 2 heterocycles. The Morgan fingerprint density at radius 2 is 2.13 bits per heavy atom. The van der Waals surface area contributed by atoms with Gasteiger partial charge in [-0.3, -0.25) is 0 Å². The molecule has 0 fully saturated rings. The van der Waals surface area contributed by atoms with E-state index in [1.54, 1.807) is 0 Å². The lowest BCUT2D eigenvalue weighted by Crippen LogP contribution is -2.06. The lowest BCUT2D eigenvalue weighted by atomic mass is 10.1. The van der Waals surface area contributed by atoms with Gasteiger partial charge in [0.25, 0.3) is 0 Å². The number of nitrogens with zero attached hydrogens (tertiary/aromatic N) is 4. The normalized spacial score (nSPS) is 10.5. The number of hydrogen-bond acceptors (Lipinski definition) is 6. The third-order valence-electron chi connectivity index (χ3n) is 2.05. The lowest BCUT2D eigenvalue weighted by molar-refractivity contribution is 1.03. The fourth-order valence-electron chi connectivity index (χ4n) is 1.38. The van der Waals surface area contributed by atoms with Crippen LogP contribution in [0.25, 0.3) is 11.5 Å². The molecule has 0 spiro atoms. The molecule has 0 atom stereocenters. The number of nitrogens with two attached hydrogens (primary N) is 2. The highest BCUT2D eigenvalue weighted by atomic mass is 15.2. The van der Waals surface area contributed by atoms with Gasteiger partial charge >= 0.3 is 0 Å². The molecule has 2 aromatic rings. The maximum Gasteiger partial charge on any atom is 0.222 e. The van der Waals surface area contributed by atoms with E-state index >= 15 is 0 Å². The van der Waals surface area contributed by atoms with Crippen LogP contribution in [0.4, 0.5) is 11.8 Å². The number of aromatic amines is 1. The van der Waals surface area contributed by atoms with Crippen molar-refractivity contribution in [3.63, 3.8) is 0 Å². The summed E-state index contributed by atoms with van der Waals surface area (Å²) in [7, 11) is 0. The van der Waals surface area contributed by atoms with E-state index < -0.39 is 0 Å². The van der Waals surface area contributed by atoms with Crippen LogP contribution in [0.5, 0.6) is 0 Å². The fourth-order valence-corrected chi connectivity index (χ4v) is 1.38. The molecule has 15 heavy (non-hydrogen) atoms. The van der Waals surface area contributed by atoms with Crippen LogP contribution < -0.4 is 11.5 Å². The van der Waals surface area contributed by atoms with Crippen LogP contribution in [0.3, 0.4) is 0 Å². The minimum atomic E-state index is 0.135. The molecule has 0 unspecified atom stereocenters. The monoisotopic (exact) mass is 205 g/mol. The quantitative estimate of drug-likeness (QED) is 0.634. The molecule has 0 bridgehead atoms. The van der Waals surface area contributed by atoms with Crippen molar-refractivity contribution >= 4 is 11.8 Å². The molecular formula is C8H11N7. The number of H-pyrrole nitrogens is 1. The third kappa shape index (κ3) is 1.58. The number of aromatic nitrogens is 5. The summed E-state index contributed by atoms with van der Waals surface area (Å²) in [4.78, 5) is 10.9. The fraction of sp³-hybridized carbons (Fsp3) is 0.250. The van der Waals surface area contributed by atoms with Crippen LogP contribution in [0.2, 0.25) is 0 Å². The molecule has 7 heteroatoms. The molecule has 0 amide bonds. The molecule has 7 nitrogen and oxygen atoms in total. The zero-order chi connectivity index (χ0) is 10.8. The lowest BCUT2D eigenvalue weighted by Gasteiger charge is -2.07. The molecule has 78 valence electrons. The smallest absolute Gasteiger partial charge is 0.222 e. The van der Waals surface area contributed by atoms with Gasteiger partial charge in [0.1, 0.15) is 17.8 Å². The Morgan fingerprint density at radius 3 is 2.73 bits per heavy atom. The van der Waals surface area contributed by atoms with E-state index in [1.807, 2.05) is 6.92 Å². The summed E-state index contributed by atoms with van der Waals surface area (Å²) >= 11 is 0. The Balaban J connectivity index is 2.64. The number of nitrogens with one attached hydrogen (secondary N) is 1. The van der Waals surface area contributed by atoms with Gasteiger partial charge in [-0.15, -0.1) is 10.2 Å². The number of hydrogen-bond donors (Lipinski definition) is 3. The number of rotatable bonds is 2. The Bertz CT molecular complexity index is 462. The molecule has 0 aliphatic heterocycles. The number of anilines is 2. The summed E-state index contributed by atoms with van der Waals surface area (Å²) in [5, 5.41) is 7.56. The van der Waals surface area contributed by atoms with Crippen LogP contribution in [0.15, 0.2) is 6.33 Å². The van der Waals surface area contributed by atoms with Gasteiger partial charge in [0.05, 0.1) is 0 Å². The van der Waals surface area contributed by atoms with Gasteiger partial charge in [0, 0.05) is 5.56 Å². The van der Waals surface area contributed by atoms with Crippen molar-refractivity contribution in [3.05, 3.63) is 11.9 Å². The second kappa shape index (κ2) is 3.52. The molecule has 0 aliphatic carbocycles. The van der Waals surface area contributed by atoms with Gasteiger partial charge in [-0.1, -0.05) is 6.92 Å². The SMILES string of the molecule is CCc1c(N)nc(N)nc1-c1nnc[nH]1. The molecule has 2 rings (SSSR count). The maximum atomic E-state index is 5.75. The second-order valence-corrected chi connectivity index (χ2v) is 2.99. The topological polar surface area (TPSA) is 119 Å². The average molecular weight is 205 g/mol. The Kier molecular flexibility index (Phi) is 2.20. The Labute approximate surface area is 86.0 Å². The van der Waals surface area contributed by atoms with Crippen molar-refractivity contribution in [1.82, 2.24) is 25.1 Å². The van der Waals surface area contributed by atoms with Crippen LogP contribution in [0, 0.1) is 0 Å².